The van der Waals surface area contributed by atoms with Crippen molar-refractivity contribution in [3.05, 3.63) is 47.8 Å². The number of nitrogens with zero attached hydrogens (tertiary/aromatic N) is 1. The maximum Gasteiger partial charge on any atom is 0.166 e. The average Bonchev–Trinajstić information content (AvgIpc) is 3.62. The lowest BCUT2D eigenvalue weighted by Gasteiger charge is -2.18. The molecule has 0 amide bonds. The number of nitrogens with one attached hydrogen (secondary N) is 2. The highest BCUT2D eigenvalue weighted by Gasteiger charge is 2.27. The van der Waals surface area contributed by atoms with E-state index >= 15 is 0 Å². The van der Waals surface area contributed by atoms with Crippen molar-refractivity contribution >= 4 is 17.2 Å². The maximum atomic E-state index is 12.8. The number of benzene rings is 1. The summed E-state index contributed by atoms with van der Waals surface area (Å²) < 4.78 is 6.20. The largest absolute Gasteiger partial charge is 0.493 e. The summed E-state index contributed by atoms with van der Waals surface area (Å²) in [4.78, 5) is 17.5. The second-order valence-corrected chi connectivity index (χ2v) is 9.77. The molecule has 2 rings (SSSR count). The number of allylic oxidation sites excluding steroid dienone is 2. The summed E-state index contributed by atoms with van der Waals surface area (Å²) in [6, 6.07) is 6.08. The minimum absolute atomic E-state index is 0.0576. The van der Waals surface area contributed by atoms with Gasteiger partial charge in [0.2, 0.25) is 0 Å². The van der Waals surface area contributed by atoms with Gasteiger partial charge in [-0.25, -0.2) is 4.99 Å². The molecule has 0 heterocycles. The summed E-state index contributed by atoms with van der Waals surface area (Å²) in [5, 5.41) is 6.80. The number of ether oxygens (including phenoxy) is 1. The zero-order chi connectivity index (χ0) is 25.1. The lowest BCUT2D eigenvalue weighted by molar-refractivity contribution is -0.117. The van der Waals surface area contributed by atoms with Crippen LogP contribution in [0, 0.1) is 24.7 Å². The maximum absolute atomic E-state index is 12.8. The van der Waals surface area contributed by atoms with E-state index < -0.39 is 0 Å². The molecule has 0 radical (unpaired) electrons. The molecule has 34 heavy (non-hydrogen) atoms. The van der Waals surface area contributed by atoms with Crippen LogP contribution in [0.25, 0.3) is 0 Å². The molecule has 0 aliphatic heterocycles. The highest BCUT2D eigenvalue weighted by molar-refractivity contribution is 6.23. The number of aryl methyl sites for hydroxylation is 1. The van der Waals surface area contributed by atoms with Crippen molar-refractivity contribution < 1.29 is 9.53 Å². The van der Waals surface area contributed by atoms with E-state index in [0.717, 1.165) is 60.6 Å². The van der Waals surface area contributed by atoms with E-state index in [1.165, 1.54) is 12.8 Å². The van der Waals surface area contributed by atoms with Crippen LogP contribution >= 0.6 is 0 Å². The van der Waals surface area contributed by atoms with E-state index in [9.17, 15) is 4.79 Å². The van der Waals surface area contributed by atoms with E-state index in [4.69, 9.17) is 9.73 Å². The number of ketones is 1. The molecule has 188 valence electrons. The second kappa shape index (κ2) is 14.1. The van der Waals surface area contributed by atoms with Gasteiger partial charge in [-0.3, -0.25) is 4.79 Å². The Hall–Kier alpha value is -2.40. The smallest absolute Gasteiger partial charge is 0.166 e. The van der Waals surface area contributed by atoms with Crippen LogP contribution < -0.4 is 15.4 Å². The molecule has 2 N–H and O–H groups in total. The predicted octanol–water partition coefficient (Wildman–Crippen LogP) is 6.70. The van der Waals surface area contributed by atoms with Crippen molar-refractivity contribution in [2.24, 2.45) is 22.7 Å². The first-order valence-electron chi connectivity index (χ1n) is 13.0. The van der Waals surface area contributed by atoms with Crippen molar-refractivity contribution in [1.82, 2.24) is 5.32 Å². The van der Waals surface area contributed by atoms with Crippen LogP contribution in [0.1, 0.15) is 72.3 Å². The quantitative estimate of drug-likeness (QED) is 0.161. The summed E-state index contributed by atoms with van der Waals surface area (Å²) in [5.41, 5.74) is 3.55. The molecule has 1 atom stereocenters. The molecule has 1 aromatic rings. The lowest BCUT2D eigenvalue weighted by atomic mass is 9.94. The Bertz CT molecular complexity index is 881. The number of aliphatic imine (C=N–C) groups is 1. The van der Waals surface area contributed by atoms with Crippen molar-refractivity contribution in [2.45, 2.75) is 73.6 Å². The molecule has 0 bridgehead atoms. The minimum atomic E-state index is -0.0576. The molecule has 5 nitrogen and oxygen atoms in total. The summed E-state index contributed by atoms with van der Waals surface area (Å²) in [5.74, 6) is 2.59. The molecule has 0 saturated heterocycles. The third-order valence-electron chi connectivity index (χ3n) is 6.23. The van der Waals surface area contributed by atoms with Gasteiger partial charge in [0.05, 0.1) is 12.3 Å². The zero-order valence-corrected chi connectivity index (χ0v) is 22.2. The van der Waals surface area contributed by atoms with E-state index in [1.54, 1.807) is 0 Å². The third kappa shape index (κ3) is 9.09. The fourth-order valence-corrected chi connectivity index (χ4v) is 3.78. The van der Waals surface area contributed by atoms with Crippen molar-refractivity contribution in [3.63, 3.8) is 0 Å². The van der Waals surface area contributed by atoms with Gasteiger partial charge in [-0.2, -0.15) is 0 Å². The summed E-state index contributed by atoms with van der Waals surface area (Å²) in [6.07, 6.45) is 7.35. The van der Waals surface area contributed by atoms with Gasteiger partial charge in [-0.05, 0) is 70.0 Å². The van der Waals surface area contributed by atoms with Crippen LogP contribution in [0.4, 0.5) is 5.69 Å². The van der Waals surface area contributed by atoms with Gasteiger partial charge in [0.25, 0.3) is 0 Å². The Morgan fingerprint density at radius 2 is 2.03 bits per heavy atom. The summed E-state index contributed by atoms with van der Waals surface area (Å²) in [6.45, 7) is 19.1. The number of hydrogen-bond donors (Lipinski definition) is 2. The topological polar surface area (TPSA) is 62.7 Å². The Balaban J connectivity index is 2.10. The normalized spacial score (nSPS) is 15.4. The standard InChI is InChI=1S/C29H45N3O2/c1-8-15-30-18-23(9-2)19-34-28-17-25(14-11-21(28)6)31-22(7)32-27(16-24-12-13-24)26(10-3)29(33)20(4)5/h10-11,14,17,20,23-24,30-31H,7-9,12-13,15-16,18-19H2,1-6H3/b26-10+,32-27-/t23-/m1/s1. The first-order valence-corrected chi connectivity index (χ1v) is 13.0. The Morgan fingerprint density at radius 1 is 1.29 bits per heavy atom. The van der Waals surface area contributed by atoms with Gasteiger partial charge in [0.15, 0.2) is 5.78 Å². The van der Waals surface area contributed by atoms with Crippen LogP contribution in [-0.4, -0.2) is 31.2 Å². The van der Waals surface area contributed by atoms with Crippen molar-refractivity contribution in [2.75, 3.05) is 25.0 Å². The Kier molecular flexibility index (Phi) is 11.5. The fraction of sp³-hybridized carbons (Fsp3) is 0.586. The molecule has 5 heteroatoms. The number of hydrogen-bond acceptors (Lipinski definition) is 5. The van der Waals surface area contributed by atoms with E-state index in [2.05, 4.69) is 44.1 Å². The molecule has 0 unspecified atom stereocenters. The molecule has 1 fully saturated rings. The van der Waals surface area contributed by atoms with Crippen molar-refractivity contribution in [3.8, 4) is 5.75 Å². The first kappa shape index (κ1) is 27.8. The van der Waals surface area contributed by atoms with Crippen LogP contribution in [0.5, 0.6) is 5.75 Å². The number of anilines is 1. The van der Waals surface area contributed by atoms with Crippen LogP contribution in [0.2, 0.25) is 0 Å². The highest BCUT2D eigenvalue weighted by atomic mass is 16.5. The van der Waals surface area contributed by atoms with Gasteiger partial charge < -0.3 is 15.4 Å². The van der Waals surface area contributed by atoms with E-state index in [1.807, 2.05) is 39.0 Å². The zero-order valence-electron chi connectivity index (χ0n) is 22.2. The molecule has 1 aliphatic carbocycles. The molecule has 1 saturated carbocycles. The van der Waals surface area contributed by atoms with Gasteiger partial charge in [0, 0.05) is 35.7 Å². The molecule has 1 aliphatic rings. The van der Waals surface area contributed by atoms with Crippen LogP contribution in [0.3, 0.4) is 0 Å². The van der Waals surface area contributed by atoms with E-state index in [0.29, 0.717) is 24.3 Å². The molecule has 1 aromatic carbocycles. The Morgan fingerprint density at radius 3 is 2.62 bits per heavy atom. The number of carbonyl (C=O) groups is 1. The van der Waals surface area contributed by atoms with Gasteiger partial charge in [-0.1, -0.05) is 46.4 Å². The van der Waals surface area contributed by atoms with E-state index in [-0.39, 0.29) is 11.7 Å². The molecule has 0 spiro atoms. The minimum Gasteiger partial charge on any atom is -0.493 e. The third-order valence-corrected chi connectivity index (χ3v) is 6.23. The fourth-order valence-electron chi connectivity index (χ4n) is 3.78. The lowest BCUT2D eigenvalue weighted by Crippen LogP contribution is -2.27. The Labute approximate surface area is 207 Å². The summed E-state index contributed by atoms with van der Waals surface area (Å²) in [7, 11) is 0. The molecule has 0 aromatic heterocycles. The molecular weight excluding hydrogens is 422 g/mol. The monoisotopic (exact) mass is 467 g/mol. The molecular formula is C29H45N3O2. The van der Waals surface area contributed by atoms with Gasteiger partial charge >= 0.3 is 0 Å². The summed E-state index contributed by atoms with van der Waals surface area (Å²) >= 11 is 0. The number of rotatable bonds is 16. The number of Topliss-reactive ketones (excluding diaryl/α,β-unsaturated/α-hetero) is 1. The van der Waals surface area contributed by atoms with Crippen LogP contribution in [0.15, 0.2) is 47.2 Å². The second-order valence-electron chi connectivity index (χ2n) is 9.77. The van der Waals surface area contributed by atoms with Crippen LogP contribution in [-0.2, 0) is 4.79 Å². The first-order chi connectivity index (χ1) is 16.3. The van der Waals surface area contributed by atoms with Gasteiger partial charge in [0.1, 0.15) is 11.6 Å². The average molecular weight is 468 g/mol. The van der Waals surface area contributed by atoms with Crippen molar-refractivity contribution in [1.29, 1.82) is 0 Å². The van der Waals surface area contributed by atoms with Gasteiger partial charge in [-0.15, -0.1) is 0 Å². The number of carbonyl (C=O) groups excluding carboxylic acids is 1. The SMILES string of the molecule is C=C(/N=C(CC1CC1)\C(=C/C)C(=O)C(C)C)Nc1ccc(C)c(OC[C@H](CC)CNCCC)c1. The predicted molar refractivity (Wildman–Crippen MR) is 145 cm³/mol. The highest BCUT2D eigenvalue weighted by Crippen LogP contribution is 2.34.